The van der Waals surface area contributed by atoms with Gasteiger partial charge in [0.2, 0.25) is 0 Å². The third kappa shape index (κ3) is 3.89. The molecule has 1 fully saturated rings. The Kier molecular flexibility index (Phi) is 5.02. The number of pyridine rings is 1. The summed E-state index contributed by atoms with van der Waals surface area (Å²) >= 11 is 0. The Morgan fingerprint density at radius 3 is 2.65 bits per heavy atom. The predicted octanol–water partition coefficient (Wildman–Crippen LogP) is 3.90. The monoisotopic (exact) mass is 366 g/mol. The maximum absolute atomic E-state index is 12.6. The number of carbonyl (C=O) groups excluding carboxylic acids is 1. The van der Waals surface area contributed by atoms with Crippen LogP contribution >= 0.6 is 0 Å². The molecule has 1 aliphatic carbocycles. The standard InChI is InChI=1S/C18H21F3N4O/c1-11-4-3-5-14(8-11)24-17(26)15-10-23-25(12(15)2)16-7-6-13(9-22-16)18(19,20)21/h6-7,9-11,14H,3-5,8H2,1-2H3,(H,24,26). The second-order valence-corrected chi connectivity index (χ2v) is 6.90. The van der Waals surface area contributed by atoms with E-state index in [1.54, 1.807) is 6.92 Å². The highest BCUT2D eigenvalue weighted by atomic mass is 19.4. The van der Waals surface area contributed by atoms with Crippen LogP contribution in [0.1, 0.15) is 54.2 Å². The van der Waals surface area contributed by atoms with E-state index >= 15 is 0 Å². The second-order valence-electron chi connectivity index (χ2n) is 6.90. The summed E-state index contributed by atoms with van der Waals surface area (Å²) in [7, 11) is 0. The Morgan fingerprint density at radius 1 is 1.27 bits per heavy atom. The summed E-state index contributed by atoms with van der Waals surface area (Å²) in [5, 5.41) is 7.16. The van der Waals surface area contributed by atoms with Gasteiger partial charge < -0.3 is 5.32 Å². The molecule has 2 aromatic heterocycles. The number of rotatable bonds is 3. The number of alkyl halides is 3. The van der Waals surface area contributed by atoms with Crippen LogP contribution in [-0.4, -0.2) is 26.7 Å². The quantitative estimate of drug-likeness (QED) is 0.896. The molecular weight excluding hydrogens is 345 g/mol. The van der Waals surface area contributed by atoms with Crippen LogP contribution < -0.4 is 5.32 Å². The van der Waals surface area contributed by atoms with Gasteiger partial charge in [0.25, 0.3) is 5.91 Å². The Labute approximate surface area is 149 Å². The summed E-state index contributed by atoms with van der Waals surface area (Å²) in [6.07, 6.45) is 1.95. The van der Waals surface area contributed by atoms with Crippen molar-refractivity contribution in [2.75, 3.05) is 0 Å². The maximum atomic E-state index is 12.6. The number of nitrogens with one attached hydrogen (secondary N) is 1. The highest BCUT2D eigenvalue weighted by Gasteiger charge is 2.31. The molecule has 26 heavy (non-hydrogen) atoms. The molecule has 3 rings (SSSR count). The van der Waals surface area contributed by atoms with E-state index in [1.165, 1.54) is 23.4 Å². The highest BCUT2D eigenvalue weighted by Crippen LogP contribution is 2.29. The van der Waals surface area contributed by atoms with Crippen LogP contribution in [0.15, 0.2) is 24.5 Å². The van der Waals surface area contributed by atoms with Crippen molar-refractivity contribution in [1.82, 2.24) is 20.1 Å². The summed E-state index contributed by atoms with van der Waals surface area (Å²) in [6, 6.07) is 2.35. The number of halogens is 3. The normalized spacial score (nSPS) is 20.8. The summed E-state index contributed by atoms with van der Waals surface area (Å²) in [4.78, 5) is 16.4. The Hall–Kier alpha value is -2.38. The van der Waals surface area contributed by atoms with Crippen molar-refractivity contribution in [1.29, 1.82) is 0 Å². The fourth-order valence-electron chi connectivity index (χ4n) is 3.37. The van der Waals surface area contributed by atoms with Gasteiger partial charge in [0.1, 0.15) is 0 Å². The Bertz CT molecular complexity index is 783. The highest BCUT2D eigenvalue weighted by molar-refractivity contribution is 5.95. The van der Waals surface area contributed by atoms with Crippen LogP contribution in [0.5, 0.6) is 0 Å². The second kappa shape index (κ2) is 7.09. The van der Waals surface area contributed by atoms with E-state index in [0.29, 0.717) is 17.2 Å². The molecule has 8 heteroatoms. The lowest BCUT2D eigenvalue weighted by Crippen LogP contribution is -2.38. The van der Waals surface area contributed by atoms with E-state index in [4.69, 9.17) is 0 Å². The van der Waals surface area contributed by atoms with Gasteiger partial charge in [0, 0.05) is 12.2 Å². The number of hydrogen-bond donors (Lipinski definition) is 1. The van der Waals surface area contributed by atoms with Crippen molar-refractivity contribution < 1.29 is 18.0 Å². The van der Waals surface area contributed by atoms with Gasteiger partial charge in [0.15, 0.2) is 5.82 Å². The third-order valence-electron chi connectivity index (χ3n) is 4.82. The molecule has 0 aliphatic heterocycles. The number of amides is 1. The van der Waals surface area contributed by atoms with E-state index in [0.717, 1.165) is 31.5 Å². The molecule has 1 saturated carbocycles. The first-order valence-electron chi connectivity index (χ1n) is 8.65. The van der Waals surface area contributed by atoms with Crippen LogP contribution in [0, 0.1) is 12.8 Å². The van der Waals surface area contributed by atoms with Gasteiger partial charge in [-0.15, -0.1) is 0 Å². The average molecular weight is 366 g/mol. The van der Waals surface area contributed by atoms with Gasteiger partial charge in [0.05, 0.1) is 23.0 Å². The molecule has 5 nitrogen and oxygen atoms in total. The van der Waals surface area contributed by atoms with E-state index in [2.05, 4.69) is 22.3 Å². The molecule has 2 unspecified atom stereocenters. The van der Waals surface area contributed by atoms with Crippen molar-refractivity contribution in [2.24, 2.45) is 5.92 Å². The minimum Gasteiger partial charge on any atom is -0.349 e. The summed E-state index contributed by atoms with van der Waals surface area (Å²) < 4.78 is 39.3. The van der Waals surface area contributed by atoms with Gasteiger partial charge in [-0.25, -0.2) is 9.67 Å². The summed E-state index contributed by atoms with van der Waals surface area (Å²) in [5.74, 6) is 0.620. The maximum Gasteiger partial charge on any atom is 0.417 e. The SMILES string of the molecule is Cc1c(C(=O)NC2CCCC(C)C2)cnn1-c1ccc(C(F)(F)F)cn1. The van der Waals surface area contributed by atoms with Gasteiger partial charge in [-0.3, -0.25) is 4.79 Å². The van der Waals surface area contributed by atoms with Gasteiger partial charge in [-0.05, 0) is 37.8 Å². The number of nitrogens with zero attached hydrogens (tertiary/aromatic N) is 3. The molecule has 2 aromatic rings. The topological polar surface area (TPSA) is 59.8 Å². The zero-order valence-electron chi connectivity index (χ0n) is 14.7. The first-order chi connectivity index (χ1) is 12.3. The molecule has 0 bridgehead atoms. The molecule has 2 heterocycles. The number of carbonyl (C=O) groups is 1. The lowest BCUT2D eigenvalue weighted by molar-refractivity contribution is -0.137. The molecule has 0 saturated heterocycles. The molecule has 0 radical (unpaired) electrons. The number of aromatic nitrogens is 3. The van der Waals surface area contributed by atoms with Crippen LogP contribution in [0.25, 0.3) is 5.82 Å². The van der Waals surface area contributed by atoms with Gasteiger partial charge in [-0.1, -0.05) is 19.8 Å². The van der Waals surface area contributed by atoms with E-state index in [1.807, 2.05) is 0 Å². The molecular formula is C18H21F3N4O. The minimum atomic E-state index is -4.44. The van der Waals surface area contributed by atoms with Crippen LogP contribution in [0.4, 0.5) is 13.2 Å². The summed E-state index contributed by atoms with van der Waals surface area (Å²) in [6.45, 7) is 3.88. The third-order valence-corrected chi connectivity index (χ3v) is 4.82. The van der Waals surface area contributed by atoms with Crippen LogP contribution in [0.3, 0.4) is 0 Å². The zero-order chi connectivity index (χ0) is 18.9. The largest absolute Gasteiger partial charge is 0.417 e. The fourth-order valence-corrected chi connectivity index (χ4v) is 3.37. The van der Waals surface area contributed by atoms with Crippen molar-refractivity contribution in [3.8, 4) is 5.82 Å². The van der Waals surface area contributed by atoms with Crippen molar-refractivity contribution in [2.45, 2.75) is 51.7 Å². The first-order valence-corrected chi connectivity index (χ1v) is 8.65. The Balaban J connectivity index is 1.76. The van der Waals surface area contributed by atoms with Crippen LogP contribution in [-0.2, 0) is 6.18 Å². The predicted molar refractivity (Wildman–Crippen MR) is 90.0 cm³/mol. The first kappa shape index (κ1) is 18.4. The molecule has 2 atom stereocenters. The van der Waals surface area contributed by atoms with E-state index < -0.39 is 11.7 Å². The smallest absolute Gasteiger partial charge is 0.349 e. The fraction of sp³-hybridized carbons (Fsp3) is 0.500. The lowest BCUT2D eigenvalue weighted by atomic mass is 9.87. The van der Waals surface area contributed by atoms with Crippen molar-refractivity contribution >= 4 is 5.91 Å². The van der Waals surface area contributed by atoms with E-state index in [9.17, 15) is 18.0 Å². The Morgan fingerprint density at radius 2 is 2.04 bits per heavy atom. The van der Waals surface area contributed by atoms with Gasteiger partial charge in [-0.2, -0.15) is 18.3 Å². The molecule has 140 valence electrons. The van der Waals surface area contributed by atoms with Crippen molar-refractivity contribution in [3.05, 3.63) is 41.3 Å². The zero-order valence-corrected chi connectivity index (χ0v) is 14.7. The molecule has 0 aromatic carbocycles. The minimum absolute atomic E-state index is 0.151. The molecule has 1 N–H and O–H groups in total. The van der Waals surface area contributed by atoms with Gasteiger partial charge >= 0.3 is 6.18 Å². The average Bonchev–Trinajstić information content (AvgIpc) is 2.96. The van der Waals surface area contributed by atoms with Crippen molar-refractivity contribution in [3.63, 3.8) is 0 Å². The molecule has 0 spiro atoms. The molecule has 1 amide bonds. The number of hydrogen-bond acceptors (Lipinski definition) is 3. The molecule has 1 aliphatic rings. The summed E-state index contributed by atoms with van der Waals surface area (Å²) in [5.41, 5.74) is 0.124. The lowest BCUT2D eigenvalue weighted by Gasteiger charge is -2.27. The van der Waals surface area contributed by atoms with E-state index in [-0.39, 0.29) is 17.8 Å². The van der Waals surface area contributed by atoms with Crippen LogP contribution in [0.2, 0.25) is 0 Å².